The van der Waals surface area contributed by atoms with E-state index in [0.717, 1.165) is 6.42 Å². The fourth-order valence-electron chi connectivity index (χ4n) is 0.569. The lowest BCUT2D eigenvalue weighted by Gasteiger charge is -2.07. The van der Waals surface area contributed by atoms with Crippen LogP contribution in [0.5, 0.6) is 0 Å². The fourth-order valence-corrected chi connectivity index (χ4v) is 1.61. The minimum atomic E-state index is -1.87. The molecule has 2 atom stereocenters. The number of hydrogen-bond donors (Lipinski definition) is 0. The van der Waals surface area contributed by atoms with Crippen LogP contribution in [0, 0.1) is 0 Å². The van der Waals surface area contributed by atoms with E-state index in [1.165, 1.54) is 0 Å². The van der Waals surface area contributed by atoms with E-state index in [1.54, 1.807) is 0 Å². The summed E-state index contributed by atoms with van der Waals surface area (Å²) in [6.45, 7) is 0.493. The average Bonchev–Trinajstić information content (AvgIpc) is 1.88. The number of alkyl halides is 1. The zero-order valence-corrected chi connectivity index (χ0v) is 6.40. The van der Waals surface area contributed by atoms with Gasteiger partial charge in [-0.15, -0.1) is 20.6 Å². The standard InChI is InChI=1S/C4H7ClO3P/c5-3-4-1-2-7-9(6)8-4/h4H,1-3H2/q+1. The summed E-state index contributed by atoms with van der Waals surface area (Å²) in [4.78, 5) is 0. The molecule has 1 saturated heterocycles. The fraction of sp³-hybridized carbons (Fsp3) is 1.00. The molecular weight excluding hydrogens is 162 g/mol. The molecule has 52 valence electrons. The van der Waals surface area contributed by atoms with Gasteiger partial charge < -0.3 is 0 Å². The molecular formula is C4H7ClO3P+. The van der Waals surface area contributed by atoms with Gasteiger partial charge in [-0.3, -0.25) is 0 Å². The van der Waals surface area contributed by atoms with Crippen LogP contribution in [-0.2, 0) is 13.6 Å². The van der Waals surface area contributed by atoms with Crippen LogP contribution < -0.4 is 0 Å². The van der Waals surface area contributed by atoms with Gasteiger partial charge in [-0.1, -0.05) is 0 Å². The molecule has 0 aromatic heterocycles. The molecule has 0 radical (unpaired) electrons. The molecule has 0 aromatic carbocycles. The number of hydrogen-bond acceptors (Lipinski definition) is 3. The zero-order chi connectivity index (χ0) is 6.69. The van der Waals surface area contributed by atoms with Crippen LogP contribution in [-0.4, -0.2) is 18.6 Å². The molecule has 0 bridgehead atoms. The first-order valence-electron chi connectivity index (χ1n) is 2.66. The molecule has 1 aliphatic rings. The van der Waals surface area contributed by atoms with Crippen LogP contribution in [0.15, 0.2) is 0 Å². The molecule has 1 aliphatic heterocycles. The van der Waals surface area contributed by atoms with Gasteiger partial charge in [-0.05, 0) is 0 Å². The topological polar surface area (TPSA) is 35.5 Å². The van der Waals surface area contributed by atoms with Gasteiger partial charge in [0.25, 0.3) is 0 Å². The maximum absolute atomic E-state index is 10.5. The van der Waals surface area contributed by atoms with Crippen LogP contribution in [0.25, 0.3) is 0 Å². The third kappa shape index (κ3) is 2.18. The lowest BCUT2D eigenvalue weighted by atomic mass is 10.3. The molecule has 0 N–H and O–H groups in total. The molecule has 5 heteroatoms. The second-order valence-electron chi connectivity index (χ2n) is 1.73. The Kier molecular flexibility index (Phi) is 2.86. The van der Waals surface area contributed by atoms with Crippen LogP contribution in [0.3, 0.4) is 0 Å². The predicted octanol–water partition coefficient (Wildman–Crippen LogP) is 1.69. The van der Waals surface area contributed by atoms with Crippen molar-refractivity contribution in [3.63, 3.8) is 0 Å². The Labute approximate surface area is 59.2 Å². The Bertz CT molecular complexity index is 118. The third-order valence-electron chi connectivity index (χ3n) is 1.04. The lowest BCUT2D eigenvalue weighted by Crippen LogP contribution is -2.17. The Morgan fingerprint density at radius 1 is 1.78 bits per heavy atom. The second kappa shape index (κ2) is 3.47. The summed E-state index contributed by atoms with van der Waals surface area (Å²) in [5.41, 5.74) is 0. The van der Waals surface area contributed by atoms with E-state index < -0.39 is 8.25 Å². The van der Waals surface area contributed by atoms with Crippen LogP contribution >= 0.6 is 19.9 Å². The molecule has 0 amide bonds. The highest BCUT2D eigenvalue weighted by atomic mass is 35.5. The Morgan fingerprint density at radius 2 is 2.56 bits per heavy atom. The lowest BCUT2D eigenvalue weighted by molar-refractivity contribution is 0.110. The third-order valence-corrected chi connectivity index (χ3v) is 2.25. The Balaban J connectivity index is 2.32. The highest BCUT2D eigenvalue weighted by Crippen LogP contribution is 2.32. The van der Waals surface area contributed by atoms with Gasteiger partial charge in [0.1, 0.15) is 12.7 Å². The molecule has 0 spiro atoms. The largest absolute Gasteiger partial charge is 0.697 e. The van der Waals surface area contributed by atoms with Crippen molar-refractivity contribution >= 4 is 19.9 Å². The molecule has 0 aromatic rings. The minimum Gasteiger partial charge on any atom is -0.124 e. The SMILES string of the molecule is O=[P+]1OCCC(CCl)O1. The van der Waals surface area contributed by atoms with Gasteiger partial charge in [0, 0.05) is 11.0 Å². The van der Waals surface area contributed by atoms with E-state index in [2.05, 4.69) is 4.52 Å². The van der Waals surface area contributed by atoms with Crippen molar-refractivity contribution in [3.8, 4) is 0 Å². The van der Waals surface area contributed by atoms with Crippen molar-refractivity contribution in [3.05, 3.63) is 0 Å². The molecule has 3 nitrogen and oxygen atoms in total. The van der Waals surface area contributed by atoms with Gasteiger partial charge in [-0.2, -0.15) is 0 Å². The van der Waals surface area contributed by atoms with Crippen LogP contribution in [0.4, 0.5) is 0 Å². The van der Waals surface area contributed by atoms with Gasteiger partial charge in [0.2, 0.25) is 0 Å². The van der Waals surface area contributed by atoms with Crippen LogP contribution in [0.2, 0.25) is 0 Å². The van der Waals surface area contributed by atoms with Crippen molar-refractivity contribution in [2.45, 2.75) is 12.5 Å². The highest BCUT2D eigenvalue weighted by Gasteiger charge is 2.32. The maximum atomic E-state index is 10.5. The molecule has 1 fully saturated rings. The van der Waals surface area contributed by atoms with Crippen molar-refractivity contribution in [1.82, 2.24) is 0 Å². The first-order chi connectivity index (χ1) is 4.33. The van der Waals surface area contributed by atoms with E-state index in [9.17, 15) is 4.57 Å². The first kappa shape index (κ1) is 7.42. The monoisotopic (exact) mass is 169 g/mol. The Morgan fingerprint density at radius 3 is 3.00 bits per heavy atom. The van der Waals surface area contributed by atoms with E-state index in [-0.39, 0.29) is 6.10 Å². The summed E-state index contributed by atoms with van der Waals surface area (Å²) in [6, 6.07) is 0. The Hall–Kier alpha value is 0.310. The van der Waals surface area contributed by atoms with E-state index in [4.69, 9.17) is 16.1 Å². The van der Waals surface area contributed by atoms with E-state index in [1.807, 2.05) is 0 Å². The van der Waals surface area contributed by atoms with Crippen molar-refractivity contribution in [2.75, 3.05) is 12.5 Å². The van der Waals surface area contributed by atoms with Crippen molar-refractivity contribution in [2.24, 2.45) is 0 Å². The average molecular weight is 170 g/mol. The summed E-state index contributed by atoms with van der Waals surface area (Å²) in [5, 5.41) is 0. The summed E-state index contributed by atoms with van der Waals surface area (Å²) in [7, 11) is -1.87. The quantitative estimate of drug-likeness (QED) is 0.443. The number of rotatable bonds is 1. The summed E-state index contributed by atoms with van der Waals surface area (Å²) >= 11 is 5.44. The summed E-state index contributed by atoms with van der Waals surface area (Å²) < 4.78 is 19.9. The predicted molar refractivity (Wildman–Crippen MR) is 33.8 cm³/mol. The van der Waals surface area contributed by atoms with Gasteiger partial charge in [-0.25, -0.2) is 0 Å². The first-order valence-corrected chi connectivity index (χ1v) is 4.29. The molecule has 1 rings (SSSR count). The summed E-state index contributed by atoms with van der Waals surface area (Å²) in [6.07, 6.45) is 0.661. The van der Waals surface area contributed by atoms with E-state index in [0.29, 0.717) is 12.5 Å². The normalized spacial score (nSPS) is 32.6. The summed E-state index contributed by atoms with van der Waals surface area (Å²) in [5.74, 6) is 0.393. The maximum Gasteiger partial charge on any atom is 0.697 e. The molecule has 2 unspecified atom stereocenters. The van der Waals surface area contributed by atoms with Crippen molar-refractivity contribution < 1.29 is 13.6 Å². The van der Waals surface area contributed by atoms with Gasteiger partial charge >= 0.3 is 8.25 Å². The molecule has 0 saturated carbocycles. The van der Waals surface area contributed by atoms with Crippen molar-refractivity contribution in [1.29, 1.82) is 0 Å². The van der Waals surface area contributed by atoms with E-state index >= 15 is 0 Å². The molecule has 9 heavy (non-hydrogen) atoms. The highest BCUT2D eigenvalue weighted by molar-refractivity contribution is 7.33. The van der Waals surface area contributed by atoms with Gasteiger partial charge in [0.05, 0.1) is 5.88 Å². The second-order valence-corrected chi connectivity index (χ2v) is 2.95. The van der Waals surface area contributed by atoms with Gasteiger partial charge in [0.15, 0.2) is 0 Å². The smallest absolute Gasteiger partial charge is 0.124 e. The molecule has 0 aliphatic carbocycles. The zero-order valence-electron chi connectivity index (χ0n) is 4.75. The molecule has 1 heterocycles. The van der Waals surface area contributed by atoms with Crippen LogP contribution in [0.1, 0.15) is 6.42 Å². The minimum absolute atomic E-state index is 0.0796. The number of halogens is 1.